The molecule has 1 saturated carbocycles. The van der Waals surface area contributed by atoms with Gasteiger partial charge in [-0.25, -0.2) is 0 Å². The minimum absolute atomic E-state index is 0.0504. The molecular weight excluding hydrogens is 224 g/mol. The predicted molar refractivity (Wildman–Crippen MR) is 73.2 cm³/mol. The van der Waals surface area contributed by atoms with Gasteiger partial charge in [0.05, 0.1) is 6.10 Å². The highest BCUT2D eigenvalue weighted by atomic mass is 16.3. The summed E-state index contributed by atoms with van der Waals surface area (Å²) in [7, 11) is 0. The van der Waals surface area contributed by atoms with E-state index in [1.807, 2.05) is 12.1 Å². The molecule has 1 aliphatic rings. The van der Waals surface area contributed by atoms with Gasteiger partial charge in [0.2, 0.25) is 0 Å². The minimum Gasteiger partial charge on any atom is -0.392 e. The van der Waals surface area contributed by atoms with E-state index in [9.17, 15) is 5.11 Å². The van der Waals surface area contributed by atoms with Gasteiger partial charge in [0.1, 0.15) is 0 Å². The highest BCUT2D eigenvalue weighted by molar-refractivity contribution is 5.17. The van der Waals surface area contributed by atoms with E-state index in [1.54, 1.807) is 12.4 Å². The quantitative estimate of drug-likeness (QED) is 0.813. The summed E-state index contributed by atoms with van der Waals surface area (Å²) < 4.78 is 0. The molecule has 3 N–H and O–H groups in total. The van der Waals surface area contributed by atoms with Crippen LogP contribution >= 0.6 is 0 Å². The Morgan fingerprint density at radius 2 is 1.94 bits per heavy atom. The molecular formula is C15H24N2O. The lowest BCUT2D eigenvalue weighted by Crippen LogP contribution is -2.26. The Balaban J connectivity index is 1.87. The average molecular weight is 248 g/mol. The van der Waals surface area contributed by atoms with Crippen LogP contribution in [0.3, 0.4) is 0 Å². The van der Waals surface area contributed by atoms with Crippen molar-refractivity contribution in [1.82, 2.24) is 4.98 Å². The molecule has 0 radical (unpaired) electrons. The van der Waals surface area contributed by atoms with Crippen LogP contribution in [0.4, 0.5) is 0 Å². The first-order valence-electron chi connectivity index (χ1n) is 7.09. The number of nitrogens with zero attached hydrogens (tertiary/aromatic N) is 1. The Hall–Kier alpha value is -0.930. The third kappa shape index (κ3) is 3.53. The lowest BCUT2D eigenvalue weighted by atomic mass is 9.89. The Labute approximate surface area is 109 Å². The molecule has 18 heavy (non-hydrogen) atoms. The molecule has 0 spiro atoms. The number of rotatable bonds is 6. The first kappa shape index (κ1) is 13.5. The van der Waals surface area contributed by atoms with Gasteiger partial charge in [-0.15, -0.1) is 0 Å². The van der Waals surface area contributed by atoms with E-state index in [1.165, 1.54) is 25.7 Å². The van der Waals surface area contributed by atoms with Gasteiger partial charge in [-0.05, 0) is 36.5 Å². The second-order valence-corrected chi connectivity index (χ2v) is 5.42. The maximum absolute atomic E-state index is 10.3. The summed E-state index contributed by atoms with van der Waals surface area (Å²) in [6.07, 6.45) is 10.6. The van der Waals surface area contributed by atoms with Crippen LogP contribution < -0.4 is 5.73 Å². The summed E-state index contributed by atoms with van der Waals surface area (Å²) in [5.41, 5.74) is 6.91. The molecule has 2 atom stereocenters. The van der Waals surface area contributed by atoms with Gasteiger partial charge in [0.15, 0.2) is 0 Å². The van der Waals surface area contributed by atoms with Crippen LogP contribution in [-0.4, -0.2) is 22.7 Å². The smallest absolute Gasteiger partial charge is 0.0621 e. The number of aliphatic hydroxyl groups is 1. The van der Waals surface area contributed by atoms with Crippen molar-refractivity contribution in [3.63, 3.8) is 0 Å². The maximum atomic E-state index is 10.3. The van der Waals surface area contributed by atoms with Gasteiger partial charge >= 0.3 is 0 Å². The fourth-order valence-corrected chi connectivity index (χ4v) is 3.03. The highest BCUT2D eigenvalue weighted by Crippen LogP contribution is 2.31. The average Bonchev–Trinajstić information content (AvgIpc) is 2.92. The van der Waals surface area contributed by atoms with E-state index in [4.69, 9.17) is 5.73 Å². The first-order chi connectivity index (χ1) is 8.81. The molecule has 0 aliphatic heterocycles. The van der Waals surface area contributed by atoms with Crippen LogP contribution in [0.2, 0.25) is 0 Å². The Morgan fingerprint density at radius 3 is 2.56 bits per heavy atom. The summed E-state index contributed by atoms with van der Waals surface area (Å²) in [5, 5.41) is 10.3. The SMILES string of the molecule is NCC(c1ccncc1)C(O)CCC1CCCC1. The van der Waals surface area contributed by atoms with Crippen LogP contribution in [0.25, 0.3) is 0 Å². The second kappa shape index (κ2) is 6.86. The molecule has 1 fully saturated rings. The topological polar surface area (TPSA) is 59.1 Å². The minimum atomic E-state index is -0.321. The normalized spacial score (nSPS) is 19.9. The second-order valence-electron chi connectivity index (χ2n) is 5.42. The number of hydrogen-bond acceptors (Lipinski definition) is 3. The lowest BCUT2D eigenvalue weighted by Gasteiger charge is -2.23. The molecule has 2 unspecified atom stereocenters. The Bertz CT molecular complexity index is 336. The van der Waals surface area contributed by atoms with Crippen LogP contribution in [0.15, 0.2) is 24.5 Å². The van der Waals surface area contributed by atoms with Gasteiger partial charge in [-0.1, -0.05) is 25.7 Å². The van der Waals surface area contributed by atoms with Crippen LogP contribution in [0.1, 0.15) is 50.0 Å². The van der Waals surface area contributed by atoms with Crippen molar-refractivity contribution in [3.05, 3.63) is 30.1 Å². The summed E-state index contributed by atoms with van der Waals surface area (Å²) in [6.45, 7) is 0.496. The summed E-state index contributed by atoms with van der Waals surface area (Å²) in [4.78, 5) is 4.01. The molecule has 1 aromatic rings. The third-order valence-corrected chi connectivity index (χ3v) is 4.20. The summed E-state index contributed by atoms with van der Waals surface area (Å²) >= 11 is 0. The van der Waals surface area contributed by atoms with Crippen molar-refractivity contribution in [2.24, 2.45) is 11.7 Å². The van der Waals surface area contributed by atoms with Gasteiger partial charge in [0.25, 0.3) is 0 Å². The third-order valence-electron chi connectivity index (χ3n) is 4.20. The van der Waals surface area contributed by atoms with Gasteiger partial charge in [-0.3, -0.25) is 4.98 Å². The van der Waals surface area contributed by atoms with E-state index in [2.05, 4.69) is 4.98 Å². The van der Waals surface area contributed by atoms with E-state index < -0.39 is 0 Å². The van der Waals surface area contributed by atoms with Gasteiger partial charge in [0, 0.05) is 24.9 Å². The molecule has 1 heterocycles. The fourth-order valence-electron chi connectivity index (χ4n) is 3.03. The molecule has 100 valence electrons. The molecule has 3 nitrogen and oxygen atoms in total. The van der Waals surface area contributed by atoms with Crippen LogP contribution in [0, 0.1) is 5.92 Å². The molecule has 1 aliphatic carbocycles. The molecule has 0 bridgehead atoms. The van der Waals surface area contributed by atoms with Gasteiger partial charge in [-0.2, -0.15) is 0 Å². The number of nitrogens with two attached hydrogens (primary N) is 1. The van der Waals surface area contributed by atoms with Crippen molar-refractivity contribution in [2.45, 2.75) is 50.5 Å². The zero-order valence-corrected chi connectivity index (χ0v) is 11.0. The van der Waals surface area contributed by atoms with E-state index >= 15 is 0 Å². The Kier molecular flexibility index (Phi) is 5.14. The monoisotopic (exact) mass is 248 g/mol. The molecule has 0 saturated heterocycles. The first-order valence-corrected chi connectivity index (χ1v) is 7.09. The largest absolute Gasteiger partial charge is 0.392 e. The predicted octanol–water partition coefficient (Wildman–Crippen LogP) is 2.46. The van der Waals surface area contributed by atoms with Crippen molar-refractivity contribution < 1.29 is 5.11 Å². The molecule has 1 aromatic heterocycles. The lowest BCUT2D eigenvalue weighted by molar-refractivity contribution is 0.127. The van der Waals surface area contributed by atoms with E-state index in [0.29, 0.717) is 6.54 Å². The van der Waals surface area contributed by atoms with Crippen molar-refractivity contribution >= 4 is 0 Å². The number of aliphatic hydroxyl groups excluding tert-OH is 1. The highest BCUT2D eigenvalue weighted by Gasteiger charge is 2.22. The number of hydrogen-bond donors (Lipinski definition) is 2. The molecule has 0 amide bonds. The number of aromatic nitrogens is 1. The van der Waals surface area contributed by atoms with E-state index in [-0.39, 0.29) is 12.0 Å². The fraction of sp³-hybridized carbons (Fsp3) is 0.667. The number of pyridine rings is 1. The standard InChI is InChI=1S/C15H24N2O/c16-11-14(13-7-9-17-10-8-13)15(18)6-5-12-3-1-2-4-12/h7-10,12,14-15,18H,1-6,11,16H2. The molecule has 0 aromatic carbocycles. The summed E-state index contributed by atoms with van der Waals surface area (Å²) in [5.74, 6) is 0.880. The van der Waals surface area contributed by atoms with Crippen LogP contribution in [0.5, 0.6) is 0 Å². The maximum Gasteiger partial charge on any atom is 0.0621 e. The molecule has 2 rings (SSSR count). The van der Waals surface area contributed by atoms with E-state index in [0.717, 1.165) is 24.3 Å². The van der Waals surface area contributed by atoms with Crippen molar-refractivity contribution in [3.8, 4) is 0 Å². The van der Waals surface area contributed by atoms with Crippen LogP contribution in [-0.2, 0) is 0 Å². The zero-order chi connectivity index (χ0) is 12.8. The molecule has 3 heteroatoms. The summed E-state index contributed by atoms with van der Waals surface area (Å²) in [6, 6.07) is 3.91. The van der Waals surface area contributed by atoms with Crippen molar-refractivity contribution in [2.75, 3.05) is 6.54 Å². The Morgan fingerprint density at radius 1 is 1.28 bits per heavy atom. The zero-order valence-electron chi connectivity index (χ0n) is 11.0. The van der Waals surface area contributed by atoms with Crippen molar-refractivity contribution in [1.29, 1.82) is 0 Å². The van der Waals surface area contributed by atoms with Gasteiger partial charge < -0.3 is 10.8 Å².